The molecule has 1 atom stereocenters. The summed E-state index contributed by atoms with van der Waals surface area (Å²) in [5.74, 6) is -0.517. The second kappa shape index (κ2) is 3.64. The first-order valence-corrected chi connectivity index (χ1v) is 5.18. The van der Waals surface area contributed by atoms with E-state index in [0.717, 1.165) is 11.1 Å². The largest absolute Gasteiger partial charge is 0.384 e. The quantitative estimate of drug-likeness (QED) is 0.651. The maximum Gasteiger partial charge on any atom is 0.211 e. The maximum atomic E-state index is 6.21. The molecule has 0 spiro atoms. The zero-order valence-corrected chi connectivity index (χ0v) is 9.49. The molecule has 1 unspecified atom stereocenters. The van der Waals surface area contributed by atoms with E-state index in [2.05, 4.69) is 10.3 Å². The van der Waals surface area contributed by atoms with Crippen LogP contribution in [-0.4, -0.2) is 5.84 Å². The van der Waals surface area contributed by atoms with E-state index in [1.165, 1.54) is 5.56 Å². The van der Waals surface area contributed by atoms with Gasteiger partial charge in [0.15, 0.2) is 0 Å². The first kappa shape index (κ1) is 10.7. The molecule has 0 fully saturated rings. The summed E-state index contributed by atoms with van der Waals surface area (Å²) >= 11 is 0. The molecule has 1 aromatic rings. The van der Waals surface area contributed by atoms with E-state index >= 15 is 0 Å². The topological polar surface area (TPSA) is 76.4 Å². The molecule has 1 aliphatic heterocycles. The molecule has 16 heavy (non-hydrogen) atoms. The number of aliphatic imine (C=N–C) groups is 1. The fraction of sp³-hybridized carbons (Fsp3) is 0.250. The summed E-state index contributed by atoms with van der Waals surface area (Å²) in [5.41, 5.74) is 15.2. The number of rotatable bonds is 1. The van der Waals surface area contributed by atoms with Crippen LogP contribution in [-0.2, 0) is 5.79 Å². The lowest BCUT2D eigenvalue weighted by Gasteiger charge is -2.30. The van der Waals surface area contributed by atoms with Crippen molar-refractivity contribution in [3.8, 4) is 0 Å². The summed E-state index contributed by atoms with van der Waals surface area (Å²) in [5, 5.41) is 3.04. The standard InChI is InChI=1S/C12H16N4/c1-8-4-3-5-10(9(8)2)12(14)15-7-6-11(13)16-12/h3-7,15H,14H2,1-2H3,(H2,13,16). The molecule has 1 aromatic carbocycles. The van der Waals surface area contributed by atoms with Crippen molar-refractivity contribution in [2.75, 3.05) is 0 Å². The van der Waals surface area contributed by atoms with Gasteiger partial charge in [-0.15, -0.1) is 0 Å². The van der Waals surface area contributed by atoms with E-state index in [1.807, 2.05) is 32.0 Å². The molecule has 0 amide bonds. The molecule has 4 nitrogen and oxygen atoms in total. The number of nitrogens with two attached hydrogens (primary N) is 2. The third-order valence-corrected chi connectivity index (χ3v) is 2.88. The second-order valence-electron chi connectivity index (χ2n) is 4.03. The van der Waals surface area contributed by atoms with Crippen LogP contribution < -0.4 is 16.8 Å². The highest BCUT2D eigenvalue weighted by Gasteiger charge is 2.29. The Bertz CT molecular complexity index is 476. The Balaban J connectivity index is 2.52. The molecule has 84 valence electrons. The third-order valence-electron chi connectivity index (χ3n) is 2.88. The van der Waals surface area contributed by atoms with Crippen molar-refractivity contribution in [1.82, 2.24) is 5.32 Å². The summed E-state index contributed by atoms with van der Waals surface area (Å²) in [6.45, 7) is 4.08. The van der Waals surface area contributed by atoms with Gasteiger partial charge in [0.05, 0.1) is 0 Å². The van der Waals surface area contributed by atoms with Crippen molar-refractivity contribution in [3.63, 3.8) is 0 Å². The average molecular weight is 216 g/mol. The summed E-state index contributed by atoms with van der Waals surface area (Å²) in [6, 6.07) is 5.98. The molecule has 2 rings (SSSR count). The number of nitrogens with one attached hydrogen (secondary N) is 1. The molecule has 1 heterocycles. The zero-order valence-electron chi connectivity index (χ0n) is 9.49. The van der Waals surface area contributed by atoms with Crippen molar-refractivity contribution in [2.45, 2.75) is 19.6 Å². The van der Waals surface area contributed by atoms with Crippen LogP contribution in [0.25, 0.3) is 0 Å². The van der Waals surface area contributed by atoms with Crippen LogP contribution >= 0.6 is 0 Å². The highest BCUT2D eigenvalue weighted by Crippen LogP contribution is 2.24. The molecule has 0 radical (unpaired) electrons. The molecule has 1 aliphatic rings. The van der Waals surface area contributed by atoms with E-state index in [9.17, 15) is 0 Å². The molecule has 5 N–H and O–H groups in total. The van der Waals surface area contributed by atoms with Gasteiger partial charge < -0.3 is 11.1 Å². The average Bonchev–Trinajstić information content (AvgIpc) is 2.21. The summed E-state index contributed by atoms with van der Waals surface area (Å²) < 4.78 is 0. The molecular weight excluding hydrogens is 200 g/mol. The van der Waals surface area contributed by atoms with Gasteiger partial charge in [0.2, 0.25) is 5.79 Å². The van der Waals surface area contributed by atoms with Crippen molar-refractivity contribution in [2.24, 2.45) is 16.5 Å². The lowest BCUT2D eigenvalue weighted by atomic mass is 9.98. The van der Waals surface area contributed by atoms with E-state index in [-0.39, 0.29) is 0 Å². The van der Waals surface area contributed by atoms with Crippen LogP contribution in [0.5, 0.6) is 0 Å². The number of amidine groups is 1. The van der Waals surface area contributed by atoms with Crippen LogP contribution in [0, 0.1) is 13.8 Å². The number of nitrogens with zero attached hydrogens (tertiary/aromatic N) is 1. The normalized spacial score (nSPS) is 23.8. The minimum absolute atomic E-state index is 0.433. The van der Waals surface area contributed by atoms with E-state index in [4.69, 9.17) is 11.5 Å². The number of aryl methyl sites for hydroxylation is 1. The highest BCUT2D eigenvalue weighted by molar-refractivity contribution is 5.92. The van der Waals surface area contributed by atoms with Gasteiger partial charge >= 0.3 is 0 Å². The summed E-state index contributed by atoms with van der Waals surface area (Å²) in [4.78, 5) is 4.26. The van der Waals surface area contributed by atoms with Gasteiger partial charge in [-0.3, -0.25) is 5.73 Å². The molecule has 0 aromatic heterocycles. The first-order valence-electron chi connectivity index (χ1n) is 5.18. The van der Waals surface area contributed by atoms with E-state index < -0.39 is 5.79 Å². The van der Waals surface area contributed by atoms with Crippen molar-refractivity contribution < 1.29 is 0 Å². The molecule has 0 saturated carbocycles. The second-order valence-corrected chi connectivity index (χ2v) is 4.03. The van der Waals surface area contributed by atoms with Gasteiger partial charge in [-0.2, -0.15) is 0 Å². The fourth-order valence-electron chi connectivity index (χ4n) is 1.83. The zero-order chi connectivity index (χ0) is 11.8. The molecule has 0 aliphatic carbocycles. The Morgan fingerprint density at radius 2 is 2.06 bits per heavy atom. The van der Waals surface area contributed by atoms with Gasteiger partial charge in [-0.25, -0.2) is 4.99 Å². The van der Waals surface area contributed by atoms with Gasteiger partial charge in [0.25, 0.3) is 0 Å². The summed E-state index contributed by atoms with van der Waals surface area (Å²) in [6.07, 6.45) is 3.42. The van der Waals surface area contributed by atoms with Crippen LogP contribution in [0.4, 0.5) is 0 Å². The van der Waals surface area contributed by atoms with Gasteiger partial charge in [0.1, 0.15) is 5.84 Å². The van der Waals surface area contributed by atoms with Gasteiger partial charge in [0, 0.05) is 11.8 Å². The van der Waals surface area contributed by atoms with Crippen LogP contribution in [0.2, 0.25) is 0 Å². The molecule has 4 heteroatoms. The van der Waals surface area contributed by atoms with Crippen molar-refractivity contribution in [3.05, 3.63) is 47.2 Å². The smallest absolute Gasteiger partial charge is 0.211 e. The maximum absolute atomic E-state index is 6.21. The lowest BCUT2D eigenvalue weighted by molar-refractivity contribution is 0.407. The van der Waals surface area contributed by atoms with Gasteiger partial charge in [-0.1, -0.05) is 18.2 Å². The summed E-state index contributed by atoms with van der Waals surface area (Å²) in [7, 11) is 0. The minimum Gasteiger partial charge on any atom is -0.384 e. The number of hydrogen-bond acceptors (Lipinski definition) is 4. The molecule has 0 bridgehead atoms. The monoisotopic (exact) mass is 216 g/mol. The Hall–Kier alpha value is -1.81. The predicted octanol–water partition coefficient (Wildman–Crippen LogP) is 0.847. The number of hydrogen-bond donors (Lipinski definition) is 3. The Morgan fingerprint density at radius 3 is 2.75 bits per heavy atom. The first-order chi connectivity index (χ1) is 7.53. The minimum atomic E-state index is -0.949. The van der Waals surface area contributed by atoms with Crippen molar-refractivity contribution in [1.29, 1.82) is 0 Å². The Kier molecular flexibility index (Phi) is 2.44. The molecular formula is C12H16N4. The van der Waals surface area contributed by atoms with E-state index in [1.54, 1.807) is 12.3 Å². The third kappa shape index (κ3) is 1.67. The Labute approximate surface area is 95.1 Å². The Morgan fingerprint density at radius 1 is 1.31 bits per heavy atom. The van der Waals surface area contributed by atoms with Crippen LogP contribution in [0.15, 0.2) is 35.5 Å². The SMILES string of the molecule is Cc1cccc(C2(N)N=C(N)C=CN2)c1C. The van der Waals surface area contributed by atoms with Crippen molar-refractivity contribution >= 4 is 5.84 Å². The number of benzene rings is 1. The van der Waals surface area contributed by atoms with Gasteiger partial charge in [-0.05, 0) is 31.1 Å². The molecule has 0 saturated heterocycles. The fourth-order valence-corrected chi connectivity index (χ4v) is 1.83. The highest BCUT2D eigenvalue weighted by atomic mass is 15.3. The predicted molar refractivity (Wildman–Crippen MR) is 65.7 cm³/mol. The lowest BCUT2D eigenvalue weighted by Crippen LogP contribution is -2.50. The van der Waals surface area contributed by atoms with Crippen LogP contribution in [0.3, 0.4) is 0 Å². The van der Waals surface area contributed by atoms with E-state index in [0.29, 0.717) is 5.84 Å². The van der Waals surface area contributed by atoms with Crippen LogP contribution in [0.1, 0.15) is 16.7 Å².